The van der Waals surface area contributed by atoms with Gasteiger partial charge in [0.25, 0.3) is 0 Å². The molecule has 2 aromatic carbocycles. The molecule has 0 unspecified atom stereocenters. The van der Waals surface area contributed by atoms with Crippen molar-refractivity contribution in [2.24, 2.45) is 0 Å². The standard InChI is InChI=1S/C22H22ClN7O2/c1-14-5-4-6-19(21(14)31-3)27-22-24-10-17(11-25-22)16-7-8-18(23)20(9-16)32-15(2)12-30-13-26-28-29-30/h4-11,13,15H,12H2,1-3H3,(H,24,25,27)/t15-/m0/s1. The molecule has 0 fully saturated rings. The van der Waals surface area contributed by atoms with Gasteiger partial charge in [-0.1, -0.05) is 29.8 Å². The fourth-order valence-corrected chi connectivity index (χ4v) is 3.40. The maximum absolute atomic E-state index is 6.34. The third kappa shape index (κ3) is 4.94. The van der Waals surface area contributed by atoms with Gasteiger partial charge in [0.2, 0.25) is 5.95 Å². The van der Waals surface area contributed by atoms with Crippen LogP contribution < -0.4 is 14.8 Å². The van der Waals surface area contributed by atoms with Crippen molar-refractivity contribution in [3.05, 3.63) is 65.7 Å². The molecule has 0 saturated carbocycles. The molecule has 10 heteroatoms. The lowest BCUT2D eigenvalue weighted by atomic mass is 10.1. The third-order valence-electron chi connectivity index (χ3n) is 4.74. The number of aromatic nitrogens is 6. The zero-order chi connectivity index (χ0) is 22.5. The minimum Gasteiger partial charge on any atom is -0.494 e. The number of aryl methyl sites for hydroxylation is 1. The molecule has 32 heavy (non-hydrogen) atoms. The number of para-hydroxylation sites is 1. The summed E-state index contributed by atoms with van der Waals surface area (Å²) in [5, 5.41) is 14.8. The quantitative estimate of drug-likeness (QED) is 0.423. The van der Waals surface area contributed by atoms with Crippen molar-refractivity contribution in [2.75, 3.05) is 12.4 Å². The maximum atomic E-state index is 6.34. The summed E-state index contributed by atoms with van der Waals surface area (Å²) in [5.41, 5.74) is 3.55. The number of rotatable bonds is 8. The zero-order valence-electron chi connectivity index (χ0n) is 17.9. The Hall–Kier alpha value is -3.72. The highest BCUT2D eigenvalue weighted by Gasteiger charge is 2.12. The average Bonchev–Trinajstić information content (AvgIpc) is 3.29. The van der Waals surface area contributed by atoms with Crippen LogP contribution in [0.25, 0.3) is 11.1 Å². The second-order valence-corrected chi connectivity index (χ2v) is 7.59. The van der Waals surface area contributed by atoms with Crippen molar-refractivity contribution < 1.29 is 9.47 Å². The van der Waals surface area contributed by atoms with Crippen molar-refractivity contribution in [3.63, 3.8) is 0 Å². The van der Waals surface area contributed by atoms with Crippen LogP contribution in [0.4, 0.5) is 11.6 Å². The van der Waals surface area contributed by atoms with Crippen LogP contribution >= 0.6 is 11.6 Å². The minimum atomic E-state index is -0.182. The number of anilines is 2. The molecule has 0 aliphatic rings. The Morgan fingerprint density at radius 3 is 2.66 bits per heavy atom. The number of hydrogen-bond donors (Lipinski definition) is 1. The van der Waals surface area contributed by atoms with E-state index < -0.39 is 0 Å². The first kappa shape index (κ1) is 21.5. The van der Waals surface area contributed by atoms with Crippen LogP contribution in [0, 0.1) is 6.92 Å². The van der Waals surface area contributed by atoms with E-state index in [2.05, 4.69) is 30.8 Å². The molecule has 4 rings (SSSR count). The fraction of sp³-hybridized carbons (Fsp3) is 0.227. The van der Waals surface area contributed by atoms with Crippen molar-refractivity contribution >= 4 is 23.2 Å². The number of nitrogens with zero attached hydrogens (tertiary/aromatic N) is 6. The van der Waals surface area contributed by atoms with Crippen LogP contribution in [0.3, 0.4) is 0 Å². The highest BCUT2D eigenvalue weighted by atomic mass is 35.5. The van der Waals surface area contributed by atoms with Crippen LogP contribution in [-0.4, -0.2) is 43.4 Å². The summed E-state index contributed by atoms with van der Waals surface area (Å²) in [6.07, 6.45) is 4.85. The van der Waals surface area contributed by atoms with Crippen LogP contribution in [0.2, 0.25) is 5.02 Å². The minimum absolute atomic E-state index is 0.182. The van der Waals surface area contributed by atoms with Gasteiger partial charge in [-0.25, -0.2) is 14.6 Å². The summed E-state index contributed by atoms with van der Waals surface area (Å²) in [4.78, 5) is 8.88. The molecular weight excluding hydrogens is 430 g/mol. The van der Waals surface area contributed by atoms with Gasteiger partial charge in [-0.3, -0.25) is 0 Å². The number of halogens is 1. The summed E-state index contributed by atoms with van der Waals surface area (Å²) in [5.74, 6) is 1.80. The molecule has 1 atom stereocenters. The van der Waals surface area contributed by atoms with Crippen molar-refractivity contribution in [1.82, 2.24) is 30.2 Å². The number of tetrazole rings is 1. The molecule has 0 bridgehead atoms. The van der Waals surface area contributed by atoms with Gasteiger partial charge in [-0.15, -0.1) is 5.10 Å². The van der Waals surface area contributed by atoms with Gasteiger partial charge in [0.05, 0.1) is 24.4 Å². The predicted molar refractivity (Wildman–Crippen MR) is 121 cm³/mol. The molecule has 0 spiro atoms. The lowest BCUT2D eigenvalue weighted by Crippen LogP contribution is -2.20. The molecule has 2 aromatic heterocycles. The summed E-state index contributed by atoms with van der Waals surface area (Å²) in [7, 11) is 1.64. The predicted octanol–water partition coefficient (Wildman–Crippen LogP) is 4.31. The third-order valence-corrected chi connectivity index (χ3v) is 5.05. The van der Waals surface area contributed by atoms with E-state index in [-0.39, 0.29) is 6.10 Å². The van der Waals surface area contributed by atoms with Crippen LogP contribution in [0.1, 0.15) is 12.5 Å². The van der Waals surface area contributed by atoms with Crippen molar-refractivity contribution in [2.45, 2.75) is 26.5 Å². The normalized spacial score (nSPS) is 11.8. The van der Waals surface area contributed by atoms with Gasteiger partial charge in [0, 0.05) is 18.0 Å². The summed E-state index contributed by atoms with van der Waals surface area (Å²) in [6.45, 7) is 4.41. The Labute approximate surface area is 190 Å². The van der Waals surface area contributed by atoms with E-state index in [4.69, 9.17) is 21.1 Å². The first-order valence-corrected chi connectivity index (χ1v) is 10.3. The maximum Gasteiger partial charge on any atom is 0.227 e. The van der Waals surface area contributed by atoms with Gasteiger partial charge in [-0.05, 0) is 53.6 Å². The number of nitrogens with one attached hydrogen (secondary N) is 1. The lowest BCUT2D eigenvalue weighted by Gasteiger charge is -2.16. The van der Waals surface area contributed by atoms with E-state index in [0.29, 0.717) is 23.3 Å². The molecule has 0 amide bonds. The summed E-state index contributed by atoms with van der Waals surface area (Å²) in [6, 6.07) is 11.4. The van der Waals surface area contributed by atoms with Crippen molar-refractivity contribution in [3.8, 4) is 22.6 Å². The van der Waals surface area contributed by atoms with E-state index in [9.17, 15) is 0 Å². The highest BCUT2D eigenvalue weighted by Crippen LogP contribution is 2.32. The molecule has 4 aromatic rings. The summed E-state index contributed by atoms with van der Waals surface area (Å²) >= 11 is 6.34. The van der Waals surface area contributed by atoms with Gasteiger partial charge in [-0.2, -0.15) is 0 Å². The number of methoxy groups -OCH3 is 1. The van der Waals surface area contributed by atoms with Crippen LogP contribution in [0.5, 0.6) is 11.5 Å². The molecule has 0 radical (unpaired) electrons. The Morgan fingerprint density at radius 2 is 1.94 bits per heavy atom. The number of ether oxygens (including phenoxy) is 2. The highest BCUT2D eigenvalue weighted by molar-refractivity contribution is 6.32. The van der Waals surface area contributed by atoms with E-state index in [1.54, 1.807) is 30.3 Å². The van der Waals surface area contributed by atoms with Crippen molar-refractivity contribution in [1.29, 1.82) is 0 Å². The van der Waals surface area contributed by atoms with E-state index >= 15 is 0 Å². The van der Waals surface area contributed by atoms with Gasteiger partial charge in [0.15, 0.2) is 0 Å². The Morgan fingerprint density at radius 1 is 1.12 bits per heavy atom. The summed E-state index contributed by atoms with van der Waals surface area (Å²) < 4.78 is 13.1. The molecule has 9 nitrogen and oxygen atoms in total. The largest absolute Gasteiger partial charge is 0.494 e. The lowest BCUT2D eigenvalue weighted by molar-refractivity contribution is 0.193. The van der Waals surface area contributed by atoms with E-state index in [0.717, 1.165) is 28.1 Å². The fourth-order valence-electron chi connectivity index (χ4n) is 3.24. The zero-order valence-corrected chi connectivity index (χ0v) is 18.6. The smallest absolute Gasteiger partial charge is 0.227 e. The number of benzene rings is 2. The van der Waals surface area contributed by atoms with Gasteiger partial charge in [0.1, 0.15) is 23.9 Å². The Bertz CT molecular complexity index is 1180. The first-order valence-electron chi connectivity index (χ1n) is 9.93. The average molecular weight is 452 g/mol. The molecular formula is C22H22ClN7O2. The van der Waals surface area contributed by atoms with E-state index in [1.165, 1.54) is 6.33 Å². The molecule has 0 saturated heterocycles. The van der Waals surface area contributed by atoms with Crippen LogP contribution in [0.15, 0.2) is 55.1 Å². The molecule has 2 heterocycles. The first-order chi connectivity index (χ1) is 15.5. The molecule has 1 N–H and O–H groups in total. The number of hydrogen-bond acceptors (Lipinski definition) is 8. The second kappa shape index (κ2) is 9.61. The van der Waals surface area contributed by atoms with Crippen LogP contribution in [-0.2, 0) is 6.54 Å². The molecule has 0 aliphatic heterocycles. The Kier molecular flexibility index (Phi) is 6.46. The molecule has 0 aliphatic carbocycles. The second-order valence-electron chi connectivity index (χ2n) is 7.18. The van der Waals surface area contributed by atoms with E-state index in [1.807, 2.05) is 44.2 Å². The monoisotopic (exact) mass is 451 g/mol. The SMILES string of the molecule is COc1c(C)cccc1Nc1ncc(-c2ccc(Cl)c(O[C@@H](C)Cn3cnnn3)c2)cn1. The topological polar surface area (TPSA) is 99.9 Å². The van der Waals surface area contributed by atoms with Gasteiger partial charge < -0.3 is 14.8 Å². The van der Waals surface area contributed by atoms with Gasteiger partial charge >= 0.3 is 0 Å². The molecule has 164 valence electrons. The Balaban J connectivity index is 1.49.